The lowest BCUT2D eigenvalue weighted by Crippen LogP contribution is -2.41. The summed E-state index contributed by atoms with van der Waals surface area (Å²) in [5.41, 5.74) is 1.26. The van der Waals surface area contributed by atoms with Crippen molar-refractivity contribution in [3.63, 3.8) is 0 Å². The molecule has 1 atom stereocenters. The first kappa shape index (κ1) is 12.3. The van der Waals surface area contributed by atoms with Crippen LogP contribution in [0.1, 0.15) is 31.2 Å². The number of benzene rings is 1. The fourth-order valence-corrected chi connectivity index (χ4v) is 2.51. The van der Waals surface area contributed by atoms with Crippen molar-refractivity contribution in [1.29, 1.82) is 0 Å². The molecule has 1 aliphatic rings. The lowest BCUT2D eigenvalue weighted by molar-refractivity contribution is -0.124. The molecule has 2 heteroatoms. The minimum Gasteiger partial charge on any atom is -0.298 e. The lowest BCUT2D eigenvalue weighted by atomic mass is 9.95. The molecule has 0 aliphatic carbocycles. The number of carbonyl (C=O) groups is 1. The van der Waals surface area contributed by atoms with Crippen molar-refractivity contribution >= 4 is 5.78 Å². The normalized spacial score (nSPS) is 23.1. The van der Waals surface area contributed by atoms with Crippen molar-refractivity contribution in [3.8, 4) is 0 Å². The molecule has 1 fully saturated rings. The van der Waals surface area contributed by atoms with Crippen LogP contribution in [0.5, 0.6) is 0 Å². The highest BCUT2D eigenvalue weighted by atomic mass is 16.1. The molecule has 0 N–H and O–H groups in total. The predicted molar refractivity (Wildman–Crippen MR) is 70.0 cm³/mol. The average Bonchev–Trinajstić information content (AvgIpc) is 2.35. The van der Waals surface area contributed by atoms with E-state index in [0.29, 0.717) is 5.78 Å². The molecular formula is C15H21NO. The first-order valence-corrected chi connectivity index (χ1v) is 6.54. The van der Waals surface area contributed by atoms with Gasteiger partial charge in [0.05, 0.1) is 6.04 Å². The van der Waals surface area contributed by atoms with Crippen LogP contribution in [0.4, 0.5) is 0 Å². The van der Waals surface area contributed by atoms with Crippen LogP contribution in [-0.2, 0) is 11.2 Å². The van der Waals surface area contributed by atoms with Gasteiger partial charge in [-0.25, -0.2) is 0 Å². The third-order valence-electron chi connectivity index (χ3n) is 3.61. The summed E-state index contributed by atoms with van der Waals surface area (Å²) in [6, 6.07) is 10.4. The van der Waals surface area contributed by atoms with Gasteiger partial charge in [0.1, 0.15) is 5.78 Å². The lowest BCUT2D eigenvalue weighted by Gasteiger charge is -2.29. The van der Waals surface area contributed by atoms with E-state index < -0.39 is 0 Å². The molecule has 0 bridgehead atoms. The Morgan fingerprint density at radius 3 is 2.71 bits per heavy atom. The highest BCUT2D eigenvalue weighted by Gasteiger charge is 2.24. The van der Waals surface area contributed by atoms with Gasteiger partial charge in [0.25, 0.3) is 0 Å². The second kappa shape index (κ2) is 5.97. The Bertz CT molecular complexity index is 360. The highest BCUT2D eigenvalue weighted by Crippen LogP contribution is 2.16. The highest BCUT2D eigenvalue weighted by molar-refractivity contribution is 5.84. The first-order valence-electron chi connectivity index (χ1n) is 6.54. The van der Waals surface area contributed by atoms with Crippen LogP contribution < -0.4 is 0 Å². The van der Waals surface area contributed by atoms with Crippen molar-refractivity contribution in [3.05, 3.63) is 35.9 Å². The van der Waals surface area contributed by atoms with Crippen molar-refractivity contribution in [2.75, 3.05) is 13.6 Å². The van der Waals surface area contributed by atoms with Crippen LogP contribution in [-0.4, -0.2) is 30.3 Å². The number of nitrogens with zero attached hydrogens (tertiary/aromatic N) is 1. The van der Waals surface area contributed by atoms with Gasteiger partial charge in [0.2, 0.25) is 0 Å². The van der Waals surface area contributed by atoms with E-state index in [4.69, 9.17) is 0 Å². The van der Waals surface area contributed by atoms with E-state index in [0.717, 1.165) is 25.8 Å². The van der Waals surface area contributed by atoms with Gasteiger partial charge >= 0.3 is 0 Å². The molecule has 0 amide bonds. The van der Waals surface area contributed by atoms with Crippen molar-refractivity contribution in [2.24, 2.45) is 0 Å². The van der Waals surface area contributed by atoms with Crippen molar-refractivity contribution in [1.82, 2.24) is 4.90 Å². The molecule has 1 aromatic carbocycles. The molecule has 0 aromatic heterocycles. The van der Waals surface area contributed by atoms with E-state index in [1.54, 1.807) is 0 Å². The largest absolute Gasteiger partial charge is 0.298 e. The van der Waals surface area contributed by atoms with Gasteiger partial charge in [0, 0.05) is 6.42 Å². The number of rotatable bonds is 2. The molecule has 1 heterocycles. The quantitative estimate of drug-likeness (QED) is 0.780. The smallest absolute Gasteiger partial charge is 0.150 e. The number of likely N-dealkylation sites (N-methyl/N-ethyl adjacent to an activating group) is 1. The van der Waals surface area contributed by atoms with Gasteiger partial charge in [-0.3, -0.25) is 9.69 Å². The number of hydrogen-bond acceptors (Lipinski definition) is 2. The molecule has 1 saturated heterocycles. The minimum atomic E-state index is 0.0812. The fraction of sp³-hybridized carbons (Fsp3) is 0.533. The molecular weight excluding hydrogens is 210 g/mol. The topological polar surface area (TPSA) is 20.3 Å². The van der Waals surface area contributed by atoms with Gasteiger partial charge in [-0.05, 0) is 38.4 Å². The zero-order valence-corrected chi connectivity index (χ0v) is 10.6. The van der Waals surface area contributed by atoms with E-state index >= 15 is 0 Å². The number of ketones is 1. The zero-order chi connectivity index (χ0) is 12.1. The molecule has 1 aromatic rings. The van der Waals surface area contributed by atoms with Gasteiger partial charge < -0.3 is 0 Å². The molecule has 1 aliphatic heterocycles. The summed E-state index contributed by atoms with van der Waals surface area (Å²) in [4.78, 5) is 14.4. The number of Topliss-reactive ketones (excluding diaryl/α,β-unsaturated/α-hetero) is 1. The molecule has 2 nitrogen and oxygen atoms in total. The maximum Gasteiger partial charge on any atom is 0.150 e. The van der Waals surface area contributed by atoms with E-state index in [-0.39, 0.29) is 6.04 Å². The van der Waals surface area contributed by atoms with E-state index in [1.807, 2.05) is 18.2 Å². The first-order chi connectivity index (χ1) is 8.27. The number of hydrogen-bond donors (Lipinski definition) is 0. The summed E-state index contributed by atoms with van der Waals surface area (Å²) in [5.74, 6) is 0.413. The molecule has 1 unspecified atom stereocenters. The maximum absolute atomic E-state index is 12.1. The maximum atomic E-state index is 12.1. The molecule has 17 heavy (non-hydrogen) atoms. The second-order valence-corrected chi connectivity index (χ2v) is 4.96. The summed E-state index contributed by atoms with van der Waals surface area (Å²) in [6.07, 6.45) is 5.08. The average molecular weight is 231 g/mol. The molecule has 0 saturated carbocycles. The molecule has 2 rings (SSSR count). The second-order valence-electron chi connectivity index (χ2n) is 4.96. The van der Waals surface area contributed by atoms with Gasteiger partial charge in [-0.15, -0.1) is 0 Å². The third-order valence-corrected chi connectivity index (χ3v) is 3.61. The van der Waals surface area contributed by atoms with Gasteiger partial charge in [0.15, 0.2) is 0 Å². The van der Waals surface area contributed by atoms with Crippen LogP contribution in [0.3, 0.4) is 0 Å². The van der Waals surface area contributed by atoms with E-state index in [1.165, 1.54) is 18.4 Å². The zero-order valence-electron chi connectivity index (χ0n) is 10.6. The van der Waals surface area contributed by atoms with Crippen LogP contribution in [0, 0.1) is 0 Å². The summed E-state index contributed by atoms with van der Waals surface area (Å²) >= 11 is 0. The predicted octanol–water partition coefficient (Wildman–Crippen LogP) is 2.67. The Morgan fingerprint density at radius 1 is 1.18 bits per heavy atom. The van der Waals surface area contributed by atoms with Crippen LogP contribution in [0.15, 0.2) is 30.3 Å². The van der Waals surface area contributed by atoms with Crippen molar-refractivity contribution in [2.45, 2.75) is 38.1 Å². The molecule has 0 spiro atoms. The summed E-state index contributed by atoms with van der Waals surface area (Å²) < 4.78 is 0. The summed E-state index contributed by atoms with van der Waals surface area (Å²) in [5, 5.41) is 0. The Morgan fingerprint density at radius 2 is 1.94 bits per heavy atom. The van der Waals surface area contributed by atoms with Crippen LogP contribution >= 0.6 is 0 Å². The van der Waals surface area contributed by atoms with Crippen LogP contribution in [0.2, 0.25) is 0 Å². The Hall–Kier alpha value is -1.15. The van der Waals surface area contributed by atoms with E-state index in [2.05, 4.69) is 24.1 Å². The van der Waals surface area contributed by atoms with Gasteiger partial charge in [-0.2, -0.15) is 0 Å². The Kier molecular flexibility index (Phi) is 4.32. The minimum absolute atomic E-state index is 0.0812. The Labute approximate surface area is 104 Å². The van der Waals surface area contributed by atoms with Crippen LogP contribution in [0.25, 0.3) is 0 Å². The summed E-state index contributed by atoms with van der Waals surface area (Å²) in [7, 11) is 2.08. The third kappa shape index (κ3) is 3.40. The van der Waals surface area contributed by atoms with Crippen molar-refractivity contribution < 1.29 is 4.79 Å². The monoisotopic (exact) mass is 231 g/mol. The van der Waals surface area contributed by atoms with Gasteiger partial charge in [-0.1, -0.05) is 36.8 Å². The number of carbonyl (C=O) groups excluding carboxylic acids is 1. The number of likely N-dealkylation sites (tertiary alicyclic amines) is 1. The SMILES string of the molecule is CN1CCCCCC(=O)C1Cc1ccccc1. The summed E-state index contributed by atoms with van der Waals surface area (Å²) in [6.45, 7) is 1.04. The molecule has 92 valence electrons. The standard InChI is InChI=1S/C15H21NO/c1-16-11-7-3-6-10-15(17)14(16)12-13-8-4-2-5-9-13/h2,4-5,8-9,14H,3,6-7,10-12H2,1H3. The van der Waals surface area contributed by atoms with E-state index in [9.17, 15) is 4.79 Å². The fourth-order valence-electron chi connectivity index (χ4n) is 2.51. The Balaban J connectivity index is 2.07. The molecule has 0 radical (unpaired) electrons.